The molecule has 3 heterocycles. The van der Waals surface area contributed by atoms with Gasteiger partial charge >= 0.3 is 5.97 Å². The maximum atomic E-state index is 11.6. The summed E-state index contributed by atoms with van der Waals surface area (Å²) < 4.78 is 5.44. The SMILES string of the molecule is CNC(CC[C@@H]1CCN(CC#Cc2cccs2)C[C@@H]1CC(=O)O)c1ccnc2ccc(OC)cc12. The average molecular weight is 492 g/mol. The first-order chi connectivity index (χ1) is 17.1. The highest BCUT2D eigenvalue weighted by molar-refractivity contribution is 7.10. The standard InChI is InChI=1S/C28H33N3O3S/c1-29-26(24-11-13-30-27-10-8-22(34-2)18-25(24)27)9-7-20-12-15-31(19-21(20)17-28(32)33)14-3-5-23-6-4-16-35-23/h4,6,8,10-11,13,16,18,20-21,26,29H,7,9,12,14-15,17,19H2,1-2H3,(H,32,33)/t20-,21+,26?/m1/s1. The molecule has 184 valence electrons. The minimum Gasteiger partial charge on any atom is -0.497 e. The van der Waals surface area contributed by atoms with E-state index in [0.29, 0.717) is 12.5 Å². The van der Waals surface area contributed by atoms with E-state index in [0.717, 1.165) is 53.9 Å². The first-order valence-corrected chi connectivity index (χ1v) is 13.0. The largest absolute Gasteiger partial charge is 0.497 e. The smallest absolute Gasteiger partial charge is 0.303 e. The maximum Gasteiger partial charge on any atom is 0.303 e. The van der Waals surface area contributed by atoms with Crippen LogP contribution >= 0.6 is 11.3 Å². The Labute approximate surface area is 211 Å². The minimum atomic E-state index is -0.719. The topological polar surface area (TPSA) is 74.7 Å². The van der Waals surface area contributed by atoms with Crippen LogP contribution in [-0.4, -0.2) is 54.8 Å². The summed E-state index contributed by atoms with van der Waals surface area (Å²) in [7, 11) is 3.66. The summed E-state index contributed by atoms with van der Waals surface area (Å²) in [6.07, 6.45) is 4.98. The molecule has 7 heteroatoms. The van der Waals surface area contributed by atoms with Crippen LogP contribution in [0.4, 0.5) is 0 Å². The number of piperidine rings is 1. The molecular weight excluding hydrogens is 458 g/mol. The number of aromatic nitrogens is 1. The lowest BCUT2D eigenvalue weighted by Crippen LogP contribution is -2.41. The molecule has 1 aliphatic rings. The lowest BCUT2D eigenvalue weighted by atomic mass is 9.79. The van der Waals surface area contributed by atoms with E-state index in [4.69, 9.17) is 4.74 Å². The number of carboxylic acid groups (broad SMARTS) is 1. The van der Waals surface area contributed by atoms with Crippen molar-refractivity contribution in [2.45, 2.75) is 31.7 Å². The molecule has 2 aromatic heterocycles. The number of aliphatic carboxylic acids is 1. The number of thiophene rings is 1. The summed E-state index contributed by atoms with van der Waals surface area (Å²) in [6.45, 7) is 2.43. The second kappa shape index (κ2) is 12.2. The molecule has 6 nitrogen and oxygen atoms in total. The third kappa shape index (κ3) is 6.61. The molecule has 0 bridgehead atoms. The van der Waals surface area contributed by atoms with Crippen molar-refractivity contribution >= 4 is 28.2 Å². The van der Waals surface area contributed by atoms with Crippen LogP contribution in [0.1, 0.15) is 42.2 Å². The van der Waals surface area contributed by atoms with Gasteiger partial charge in [0.1, 0.15) is 5.75 Å². The highest BCUT2D eigenvalue weighted by Crippen LogP contribution is 2.34. The predicted molar refractivity (Wildman–Crippen MR) is 141 cm³/mol. The maximum absolute atomic E-state index is 11.6. The second-order valence-corrected chi connectivity index (χ2v) is 10.1. The number of benzene rings is 1. The third-order valence-electron chi connectivity index (χ3n) is 6.98. The second-order valence-electron chi connectivity index (χ2n) is 9.12. The van der Waals surface area contributed by atoms with Crippen LogP contribution in [-0.2, 0) is 4.79 Å². The van der Waals surface area contributed by atoms with Gasteiger partial charge in [0.15, 0.2) is 0 Å². The molecule has 1 fully saturated rings. The molecule has 0 amide bonds. The van der Waals surface area contributed by atoms with E-state index in [-0.39, 0.29) is 18.4 Å². The van der Waals surface area contributed by atoms with Crippen molar-refractivity contribution in [1.82, 2.24) is 15.2 Å². The van der Waals surface area contributed by atoms with Crippen LogP contribution in [0.15, 0.2) is 48.0 Å². The molecule has 2 N–H and O–H groups in total. The molecule has 1 aliphatic heterocycles. The van der Waals surface area contributed by atoms with Crippen molar-refractivity contribution in [2.24, 2.45) is 11.8 Å². The number of hydrogen-bond acceptors (Lipinski definition) is 6. The van der Waals surface area contributed by atoms with Gasteiger partial charge in [-0.15, -0.1) is 11.3 Å². The Morgan fingerprint density at radius 1 is 1.34 bits per heavy atom. The van der Waals surface area contributed by atoms with Crippen molar-refractivity contribution < 1.29 is 14.6 Å². The number of carbonyl (C=O) groups is 1. The Morgan fingerprint density at radius 3 is 2.97 bits per heavy atom. The van der Waals surface area contributed by atoms with Crippen LogP contribution in [0, 0.1) is 23.7 Å². The van der Waals surface area contributed by atoms with Gasteiger partial charge in [0.2, 0.25) is 0 Å². The van der Waals surface area contributed by atoms with E-state index in [1.165, 1.54) is 5.56 Å². The zero-order valence-corrected chi connectivity index (χ0v) is 21.2. The van der Waals surface area contributed by atoms with Crippen molar-refractivity contribution in [3.8, 4) is 17.6 Å². The number of likely N-dealkylation sites (tertiary alicyclic amines) is 1. The van der Waals surface area contributed by atoms with Gasteiger partial charge in [-0.3, -0.25) is 14.7 Å². The van der Waals surface area contributed by atoms with E-state index >= 15 is 0 Å². The van der Waals surface area contributed by atoms with Gasteiger partial charge in [-0.05, 0) is 86.0 Å². The third-order valence-corrected chi connectivity index (χ3v) is 7.77. The van der Waals surface area contributed by atoms with Crippen LogP contribution in [0.3, 0.4) is 0 Å². The number of methoxy groups -OCH3 is 1. The average Bonchev–Trinajstić information content (AvgIpc) is 3.38. The van der Waals surface area contributed by atoms with E-state index in [1.807, 2.05) is 49.0 Å². The first kappa shape index (κ1) is 25.2. The van der Waals surface area contributed by atoms with Crippen LogP contribution in [0.2, 0.25) is 0 Å². The number of fused-ring (bicyclic) bond motifs is 1. The molecule has 35 heavy (non-hydrogen) atoms. The van der Waals surface area contributed by atoms with Gasteiger partial charge < -0.3 is 15.2 Å². The molecule has 1 aromatic carbocycles. The molecule has 0 spiro atoms. The molecular formula is C28H33N3O3S. The van der Waals surface area contributed by atoms with Gasteiger partial charge in [0, 0.05) is 30.6 Å². The normalized spacial score (nSPS) is 19.1. The fourth-order valence-electron chi connectivity index (χ4n) is 5.14. The minimum absolute atomic E-state index is 0.136. The van der Waals surface area contributed by atoms with Crippen LogP contribution in [0.25, 0.3) is 10.9 Å². The fourth-order valence-corrected chi connectivity index (χ4v) is 5.73. The summed E-state index contributed by atoms with van der Waals surface area (Å²) in [5.74, 6) is 7.10. The number of hydrogen-bond donors (Lipinski definition) is 2. The number of nitrogens with one attached hydrogen (secondary N) is 1. The number of ether oxygens (including phenoxy) is 1. The van der Waals surface area contributed by atoms with Gasteiger partial charge in [-0.25, -0.2) is 0 Å². The summed E-state index contributed by atoms with van der Waals surface area (Å²) in [5.41, 5.74) is 2.15. The molecule has 1 saturated heterocycles. The highest BCUT2D eigenvalue weighted by atomic mass is 32.1. The van der Waals surface area contributed by atoms with E-state index < -0.39 is 5.97 Å². The molecule has 3 aromatic rings. The van der Waals surface area contributed by atoms with E-state index in [9.17, 15) is 9.90 Å². The summed E-state index contributed by atoms with van der Waals surface area (Å²) in [4.78, 5) is 19.5. The Kier molecular flexibility index (Phi) is 8.75. The van der Waals surface area contributed by atoms with Gasteiger partial charge in [-0.2, -0.15) is 0 Å². The van der Waals surface area contributed by atoms with Gasteiger partial charge in [-0.1, -0.05) is 17.9 Å². The van der Waals surface area contributed by atoms with Crippen molar-refractivity contribution in [2.75, 3.05) is 33.8 Å². The zero-order chi connectivity index (χ0) is 24.6. The summed E-state index contributed by atoms with van der Waals surface area (Å²) in [6, 6.07) is 12.2. The van der Waals surface area contributed by atoms with E-state index in [2.05, 4.69) is 33.1 Å². The number of rotatable bonds is 9. The fraction of sp³-hybridized carbons (Fsp3) is 0.429. The highest BCUT2D eigenvalue weighted by Gasteiger charge is 2.31. The lowest BCUT2D eigenvalue weighted by Gasteiger charge is -2.38. The number of pyridine rings is 1. The predicted octanol–water partition coefficient (Wildman–Crippen LogP) is 4.81. The van der Waals surface area contributed by atoms with Crippen LogP contribution in [0.5, 0.6) is 5.75 Å². The quantitative estimate of drug-likeness (QED) is 0.419. The zero-order valence-electron chi connectivity index (χ0n) is 20.4. The van der Waals surface area contributed by atoms with Crippen molar-refractivity contribution in [3.63, 3.8) is 0 Å². The van der Waals surface area contributed by atoms with Gasteiger partial charge in [0.05, 0.1) is 24.0 Å². The summed E-state index contributed by atoms with van der Waals surface area (Å²) >= 11 is 1.64. The molecule has 1 unspecified atom stereocenters. The van der Waals surface area contributed by atoms with E-state index in [1.54, 1.807) is 18.4 Å². The molecule has 3 atom stereocenters. The van der Waals surface area contributed by atoms with Crippen molar-refractivity contribution in [3.05, 3.63) is 58.4 Å². The molecule has 0 saturated carbocycles. The molecule has 0 aliphatic carbocycles. The van der Waals surface area contributed by atoms with Crippen LogP contribution < -0.4 is 10.1 Å². The summed E-state index contributed by atoms with van der Waals surface area (Å²) in [5, 5.41) is 16.2. The number of carboxylic acids is 1. The first-order valence-electron chi connectivity index (χ1n) is 12.1. The molecule has 0 radical (unpaired) electrons. The Bertz CT molecular complexity index is 1190. The van der Waals surface area contributed by atoms with Gasteiger partial charge in [0.25, 0.3) is 0 Å². The Balaban J connectivity index is 1.42. The van der Waals surface area contributed by atoms with Crippen molar-refractivity contribution in [1.29, 1.82) is 0 Å². The Hall–Kier alpha value is -2.92. The molecule has 4 rings (SSSR count). The number of nitrogens with zero attached hydrogens (tertiary/aromatic N) is 2. The lowest BCUT2D eigenvalue weighted by molar-refractivity contribution is -0.139. The Morgan fingerprint density at radius 2 is 2.23 bits per heavy atom. The monoisotopic (exact) mass is 491 g/mol.